The van der Waals surface area contributed by atoms with Crippen molar-refractivity contribution < 1.29 is 0 Å². The van der Waals surface area contributed by atoms with Gasteiger partial charge in [-0.15, -0.1) is 0 Å². The summed E-state index contributed by atoms with van der Waals surface area (Å²) >= 11 is 0. The number of rotatable bonds is 5. The zero-order valence-electron chi connectivity index (χ0n) is 19.2. The van der Waals surface area contributed by atoms with E-state index in [0.29, 0.717) is 23.8 Å². The average Bonchev–Trinajstić information content (AvgIpc) is 3.73. The maximum atomic E-state index is 9.82. The quantitative estimate of drug-likeness (QED) is 0.447. The van der Waals surface area contributed by atoms with Gasteiger partial charge in [0.2, 0.25) is 0 Å². The van der Waals surface area contributed by atoms with E-state index >= 15 is 0 Å². The van der Waals surface area contributed by atoms with Gasteiger partial charge < -0.3 is 0 Å². The van der Waals surface area contributed by atoms with Crippen LogP contribution in [0.25, 0.3) is 10.8 Å². The van der Waals surface area contributed by atoms with Crippen molar-refractivity contribution in [2.24, 2.45) is 11.8 Å². The predicted molar refractivity (Wildman–Crippen MR) is 131 cm³/mol. The number of hydrogen-bond acceptors (Lipinski definition) is 2. The Morgan fingerprint density at radius 1 is 1.03 bits per heavy atom. The first kappa shape index (κ1) is 20.0. The van der Waals surface area contributed by atoms with Gasteiger partial charge in [0.25, 0.3) is 0 Å². The smallest absolute Gasteiger partial charge is 0.0994 e. The molecule has 0 N–H and O–H groups in total. The van der Waals surface area contributed by atoms with Crippen LogP contribution in [-0.2, 0) is 6.42 Å². The van der Waals surface area contributed by atoms with Crippen molar-refractivity contribution in [2.75, 3.05) is 13.1 Å². The maximum absolute atomic E-state index is 9.82. The molecule has 3 aromatic rings. The van der Waals surface area contributed by atoms with E-state index in [2.05, 4.69) is 73.3 Å². The second kappa shape index (κ2) is 7.75. The molecular formula is C30H32N2. The summed E-state index contributed by atoms with van der Waals surface area (Å²) in [6, 6.07) is 23.0. The molecule has 0 amide bonds. The molecule has 2 aliphatic carbocycles. The Bertz CT molecular complexity index is 1210. The fourth-order valence-electron chi connectivity index (χ4n) is 6.24. The highest BCUT2D eigenvalue weighted by Gasteiger charge is 2.42. The molecule has 2 nitrogen and oxygen atoms in total. The lowest BCUT2D eigenvalue weighted by Gasteiger charge is -2.40. The third kappa shape index (κ3) is 3.44. The molecule has 162 valence electrons. The van der Waals surface area contributed by atoms with Crippen LogP contribution < -0.4 is 0 Å². The van der Waals surface area contributed by atoms with Crippen LogP contribution in [0.2, 0.25) is 0 Å². The Labute approximate surface area is 191 Å². The van der Waals surface area contributed by atoms with Gasteiger partial charge in [-0.1, -0.05) is 62.4 Å². The molecule has 1 aliphatic heterocycles. The number of nitriles is 1. The van der Waals surface area contributed by atoms with Crippen molar-refractivity contribution >= 4 is 10.8 Å². The van der Waals surface area contributed by atoms with Crippen LogP contribution in [0.15, 0.2) is 54.6 Å². The molecule has 32 heavy (non-hydrogen) atoms. The van der Waals surface area contributed by atoms with Crippen LogP contribution in [0.3, 0.4) is 0 Å². The first-order valence-electron chi connectivity index (χ1n) is 12.4. The highest BCUT2D eigenvalue weighted by molar-refractivity contribution is 5.88. The molecule has 2 saturated carbocycles. The molecule has 1 heterocycles. The number of nitrogens with zero attached hydrogens (tertiary/aromatic N) is 2. The zero-order valence-corrected chi connectivity index (χ0v) is 19.2. The van der Waals surface area contributed by atoms with Gasteiger partial charge >= 0.3 is 0 Å². The Balaban J connectivity index is 1.34. The van der Waals surface area contributed by atoms with Gasteiger partial charge in [0.15, 0.2) is 0 Å². The standard InChI is InChI=1S/C30H32N2/c1-19(2)30-27-15-23(11-9-22(27)13-14-32(30)18-20-7-8-20)26-16-28(26)29-24(17-31)12-10-21-5-3-4-6-25(21)29/h3-6,9-12,15,19-20,26,28,30H,7-8,13-14,16,18H2,1-2H3. The molecule has 3 aromatic carbocycles. The first-order chi connectivity index (χ1) is 15.6. The maximum Gasteiger partial charge on any atom is 0.0994 e. The summed E-state index contributed by atoms with van der Waals surface area (Å²) in [4.78, 5) is 2.78. The molecule has 3 atom stereocenters. The highest BCUT2D eigenvalue weighted by Crippen LogP contribution is 2.57. The summed E-state index contributed by atoms with van der Waals surface area (Å²) in [6.45, 7) is 7.27. The van der Waals surface area contributed by atoms with E-state index in [1.54, 1.807) is 11.1 Å². The van der Waals surface area contributed by atoms with E-state index in [0.717, 1.165) is 17.9 Å². The van der Waals surface area contributed by atoms with Crippen molar-refractivity contribution in [3.05, 3.63) is 82.4 Å². The minimum absolute atomic E-state index is 0.456. The molecule has 2 heteroatoms. The summed E-state index contributed by atoms with van der Waals surface area (Å²) in [6.07, 6.45) is 5.18. The molecule has 6 rings (SSSR count). The first-order valence-corrected chi connectivity index (χ1v) is 12.4. The van der Waals surface area contributed by atoms with Crippen molar-refractivity contribution in [3.8, 4) is 6.07 Å². The van der Waals surface area contributed by atoms with Crippen molar-refractivity contribution in [1.29, 1.82) is 5.26 Å². The third-order valence-corrected chi connectivity index (χ3v) is 8.05. The summed E-state index contributed by atoms with van der Waals surface area (Å²) in [5.74, 6) is 2.55. The minimum atomic E-state index is 0.456. The highest BCUT2D eigenvalue weighted by atomic mass is 15.2. The Hall–Kier alpha value is -2.63. The van der Waals surface area contributed by atoms with E-state index in [-0.39, 0.29) is 0 Å². The number of fused-ring (bicyclic) bond motifs is 2. The van der Waals surface area contributed by atoms with Crippen LogP contribution in [0.4, 0.5) is 0 Å². The molecule has 0 spiro atoms. The van der Waals surface area contributed by atoms with Gasteiger partial charge in [-0.25, -0.2) is 0 Å². The van der Waals surface area contributed by atoms with Gasteiger partial charge in [-0.05, 0) is 88.4 Å². The second-order valence-electron chi connectivity index (χ2n) is 10.6. The molecule has 2 fully saturated rings. The third-order valence-electron chi connectivity index (χ3n) is 8.05. The monoisotopic (exact) mass is 420 g/mol. The van der Waals surface area contributed by atoms with Gasteiger partial charge in [0.1, 0.15) is 0 Å². The molecule has 0 bridgehead atoms. The Morgan fingerprint density at radius 2 is 1.88 bits per heavy atom. The van der Waals surface area contributed by atoms with E-state index in [1.807, 2.05) is 6.07 Å². The van der Waals surface area contributed by atoms with Crippen molar-refractivity contribution in [2.45, 2.75) is 57.4 Å². The molecule has 0 saturated heterocycles. The summed E-state index contributed by atoms with van der Waals surface area (Å²) < 4.78 is 0. The SMILES string of the molecule is CC(C)C1c2cc(C3CC3c3c(C#N)ccc4ccccc34)ccc2CCN1CC1CC1. The fraction of sp³-hybridized carbons (Fsp3) is 0.433. The van der Waals surface area contributed by atoms with E-state index in [9.17, 15) is 5.26 Å². The number of hydrogen-bond donors (Lipinski definition) is 0. The summed E-state index contributed by atoms with van der Waals surface area (Å²) in [5.41, 5.74) is 6.73. The summed E-state index contributed by atoms with van der Waals surface area (Å²) in [7, 11) is 0. The minimum Gasteiger partial charge on any atom is -0.295 e. The topological polar surface area (TPSA) is 27.0 Å². The second-order valence-corrected chi connectivity index (χ2v) is 10.6. The zero-order chi connectivity index (χ0) is 21.8. The molecule has 0 aromatic heterocycles. The average molecular weight is 421 g/mol. The van der Waals surface area contributed by atoms with Crippen molar-refractivity contribution in [1.82, 2.24) is 4.90 Å². The summed E-state index contributed by atoms with van der Waals surface area (Å²) in [5, 5.41) is 12.3. The fourth-order valence-corrected chi connectivity index (χ4v) is 6.24. The van der Waals surface area contributed by atoms with Gasteiger partial charge in [-0.3, -0.25) is 4.90 Å². The predicted octanol–water partition coefficient (Wildman–Crippen LogP) is 6.95. The van der Waals surface area contributed by atoms with Gasteiger partial charge in [-0.2, -0.15) is 5.26 Å². The lowest BCUT2D eigenvalue weighted by molar-refractivity contribution is 0.137. The molecule has 0 radical (unpaired) electrons. The number of benzene rings is 3. The van der Waals surface area contributed by atoms with Crippen LogP contribution in [0.5, 0.6) is 0 Å². The Morgan fingerprint density at radius 3 is 2.66 bits per heavy atom. The lowest BCUT2D eigenvalue weighted by atomic mass is 9.84. The molecular weight excluding hydrogens is 388 g/mol. The van der Waals surface area contributed by atoms with Crippen LogP contribution in [-0.4, -0.2) is 18.0 Å². The van der Waals surface area contributed by atoms with Crippen molar-refractivity contribution in [3.63, 3.8) is 0 Å². The molecule has 3 unspecified atom stereocenters. The van der Waals surface area contributed by atoms with Crippen LogP contribution in [0.1, 0.15) is 78.8 Å². The normalized spacial score (nSPS) is 25.0. The van der Waals surface area contributed by atoms with Gasteiger partial charge in [0.05, 0.1) is 11.6 Å². The van der Waals surface area contributed by atoms with Gasteiger partial charge in [0, 0.05) is 19.1 Å². The Kier molecular flexibility index (Phi) is 4.85. The molecule has 3 aliphatic rings. The van der Waals surface area contributed by atoms with E-state index in [1.165, 1.54) is 54.3 Å². The largest absolute Gasteiger partial charge is 0.295 e. The van der Waals surface area contributed by atoms with Crippen LogP contribution >= 0.6 is 0 Å². The lowest BCUT2D eigenvalue weighted by Crippen LogP contribution is -2.39. The van der Waals surface area contributed by atoms with E-state index < -0.39 is 0 Å². The van der Waals surface area contributed by atoms with E-state index in [4.69, 9.17) is 0 Å². The van der Waals surface area contributed by atoms with Crippen LogP contribution in [0, 0.1) is 23.2 Å².